The molecule has 1 fully saturated rings. The topological polar surface area (TPSA) is 15.3 Å². The van der Waals surface area contributed by atoms with Gasteiger partial charge in [0, 0.05) is 0 Å². The summed E-state index contributed by atoms with van der Waals surface area (Å²) in [5, 5.41) is 3.32. The average molecular weight is 184 g/mol. The Morgan fingerprint density at radius 3 is 2.46 bits per heavy atom. The molecule has 1 saturated heterocycles. The lowest BCUT2D eigenvalue weighted by Crippen LogP contribution is -2.42. The number of hydrogen-bond donors (Lipinski definition) is 1. The zero-order valence-electron chi connectivity index (χ0n) is 9.18. The first-order chi connectivity index (χ1) is 6.36. The second-order valence-corrected chi connectivity index (χ2v) is 4.10. The van der Waals surface area contributed by atoms with Gasteiger partial charge in [0.2, 0.25) is 0 Å². The number of nitrogens with one attached hydrogen (secondary N) is 1. The lowest BCUT2D eigenvalue weighted by atomic mass is 9.97. The first-order valence-corrected chi connectivity index (χ1v) is 5.79. The van der Waals surface area contributed by atoms with Gasteiger partial charge in [-0.3, -0.25) is 0 Å². The highest BCUT2D eigenvalue weighted by atomic mass is 15.1. The maximum atomic E-state index is 3.32. The Balaban J connectivity index is 1.94. The van der Waals surface area contributed by atoms with Gasteiger partial charge in [-0.15, -0.1) is 0 Å². The van der Waals surface area contributed by atoms with Gasteiger partial charge in [-0.25, -0.2) is 0 Å². The van der Waals surface area contributed by atoms with Gasteiger partial charge < -0.3 is 10.2 Å². The molecule has 1 heterocycles. The minimum absolute atomic E-state index is 0.986. The van der Waals surface area contributed by atoms with E-state index < -0.39 is 0 Å². The van der Waals surface area contributed by atoms with Crippen LogP contribution in [0.25, 0.3) is 0 Å². The van der Waals surface area contributed by atoms with Crippen molar-refractivity contribution in [3.63, 3.8) is 0 Å². The quantitative estimate of drug-likeness (QED) is 0.648. The molecule has 1 aliphatic rings. The minimum Gasteiger partial charge on any atom is -0.316 e. The molecule has 0 radical (unpaired) electrons. The molecule has 0 aromatic carbocycles. The fourth-order valence-corrected chi connectivity index (χ4v) is 1.90. The molecular formula is C11H24N2. The molecule has 0 bridgehead atoms. The molecule has 0 spiro atoms. The van der Waals surface area contributed by atoms with Crippen molar-refractivity contribution in [3.05, 3.63) is 0 Å². The first-order valence-electron chi connectivity index (χ1n) is 5.79. The molecule has 1 N–H and O–H groups in total. The molecule has 0 aromatic heterocycles. The van der Waals surface area contributed by atoms with E-state index in [-0.39, 0.29) is 0 Å². The molecule has 0 aliphatic carbocycles. The normalized spacial score (nSPS) is 17.8. The van der Waals surface area contributed by atoms with Crippen LogP contribution < -0.4 is 5.32 Å². The molecule has 78 valence electrons. The van der Waals surface area contributed by atoms with Gasteiger partial charge in [0.05, 0.1) is 0 Å². The predicted octanol–water partition coefficient (Wildman–Crippen LogP) is 1.72. The summed E-state index contributed by atoms with van der Waals surface area (Å²) in [4.78, 5) is 2.56. The van der Waals surface area contributed by atoms with Crippen LogP contribution in [0, 0.1) is 5.92 Å². The van der Waals surface area contributed by atoms with Gasteiger partial charge in [0.1, 0.15) is 0 Å². The summed E-state index contributed by atoms with van der Waals surface area (Å²) in [6, 6.07) is 0. The van der Waals surface area contributed by atoms with E-state index in [4.69, 9.17) is 0 Å². The molecule has 1 rings (SSSR count). The van der Waals surface area contributed by atoms with Crippen LogP contribution in [0.2, 0.25) is 0 Å². The van der Waals surface area contributed by atoms with Crippen molar-refractivity contribution in [2.75, 3.05) is 32.7 Å². The van der Waals surface area contributed by atoms with Crippen molar-refractivity contribution < 1.29 is 0 Å². The SMILES string of the molecule is CCCN(CC)CCCC1CNC1. The first kappa shape index (κ1) is 11.0. The highest BCUT2D eigenvalue weighted by Crippen LogP contribution is 2.11. The summed E-state index contributed by atoms with van der Waals surface area (Å²) in [5.41, 5.74) is 0. The Morgan fingerprint density at radius 2 is 2.00 bits per heavy atom. The van der Waals surface area contributed by atoms with E-state index in [2.05, 4.69) is 24.1 Å². The molecule has 0 unspecified atom stereocenters. The summed E-state index contributed by atoms with van der Waals surface area (Å²) in [7, 11) is 0. The largest absolute Gasteiger partial charge is 0.316 e. The highest BCUT2D eigenvalue weighted by Gasteiger charge is 2.15. The van der Waals surface area contributed by atoms with Crippen molar-refractivity contribution in [3.8, 4) is 0 Å². The van der Waals surface area contributed by atoms with Crippen molar-refractivity contribution in [1.82, 2.24) is 10.2 Å². The molecular weight excluding hydrogens is 160 g/mol. The van der Waals surface area contributed by atoms with Crippen LogP contribution in [0.1, 0.15) is 33.1 Å². The van der Waals surface area contributed by atoms with Gasteiger partial charge in [0.25, 0.3) is 0 Å². The van der Waals surface area contributed by atoms with E-state index in [1.54, 1.807) is 0 Å². The van der Waals surface area contributed by atoms with Gasteiger partial charge in [-0.2, -0.15) is 0 Å². The van der Waals surface area contributed by atoms with Crippen LogP contribution in [0.15, 0.2) is 0 Å². The van der Waals surface area contributed by atoms with E-state index in [0.717, 1.165) is 5.92 Å². The third-order valence-electron chi connectivity index (χ3n) is 2.94. The Bertz CT molecular complexity index is 121. The zero-order chi connectivity index (χ0) is 9.52. The fraction of sp³-hybridized carbons (Fsp3) is 1.00. The van der Waals surface area contributed by atoms with Crippen molar-refractivity contribution in [2.24, 2.45) is 5.92 Å². The number of hydrogen-bond acceptors (Lipinski definition) is 2. The maximum absolute atomic E-state index is 3.32. The molecule has 0 saturated carbocycles. The van der Waals surface area contributed by atoms with Crippen LogP contribution in [0.3, 0.4) is 0 Å². The summed E-state index contributed by atoms with van der Waals surface area (Å²) >= 11 is 0. The second kappa shape index (κ2) is 6.39. The van der Waals surface area contributed by atoms with Gasteiger partial charge in [-0.1, -0.05) is 13.8 Å². The van der Waals surface area contributed by atoms with E-state index in [1.165, 1.54) is 52.0 Å². The fourth-order valence-electron chi connectivity index (χ4n) is 1.90. The number of nitrogens with zero attached hydrogens (tertiary/aromatic N) is 1. The van der Waals surface area contributed by atoms with E-state index in [1.807, 2.05) is 0 Å². The van der Waals surface area contributed by atoms with Crippen LogP contribution in [0.4, 0.5) is 0 Å². The molecule has 0 amide bonds. The summed E-state index contributed by atoms with van der Waals surface area (Å²) in [5.74, 6) is 0.986. The highest BCUT2D eigenvalue weighted by molar-refractivity contribution is 4.74. The van der Waals surface area contributed by atoms with Crippen molar-refractivity contribution >= 4 is 0 Å². The summed E-state index contributed by atoms with van der Waals surface area (Å²) in [6.07, 6.45) is 4.10. The Labute approximate surface area is 82.7 Å². The number of rotatable bonds is 7. The lowest BCUT2D eigenvalue weighted by molar-refractivity contribution is 0.254. The molecule has 0 atom stereocenters. The summed E-state index contributed by atoms with van der Waals surface area (Å²) in [6.45, 7) is 10.9. The molecule has 0 aromatic rings. The van der Waals surface area contributed by atoms with Crippen molar-refractivity contribution in [2.45, 2.75) is 33.1 Å². The third kappa shape index (κ3) is 4.10. The van der Waals surface area contributed by atoms with Crippen LogP contribution in [-0.2, 0) is 0 Å². The Hall–Kier alpha value is -0.0800. The maximum Gasteiger partial charge on any atom is -0.000825 e. The van der Waals surface area contributed by atoms with E-state index in [0.29, 0.717) is 0 Å². The molecule has 2 heteroatoms. The van der Waals surface area contributed by atoms with E-state index in [9.17, 15) is 0 Å². The minimum atomic E-state index is 0.986. The summed E-state index contributed by atoms with van der Waals surface area (Å²) < 4.78 is 0. The average Bonchev–Trinajstić information content (AvgIpc) is 2.07. The van der Waals surface area contributed by atoms with Gasteiger partial charge in [0.15, 0.2) is 0 Å². The standard InChI is InChI=1S/C11H24N2/c1-3-7-13(4-2)8-5-6-11-9-12-10-11/h11-12H,3-10H2,1-2H3. The Morgan fingerprint density at radius 1 is 1.23 bits per heavy atom. The smallest absolute Gasteiger partial charge is 0.000825 e. The Kier molecular flexibility index (Phi) is 5.40. The molecule has 13 heavy (non-hydrogen) atoms. The van der Waals surface area contributed by atoms with Crippen LogP contribution >= 0.6 is 0 Å². The predicted molar refractivity (Wildman–Crippen MR) is 58.0 cm³/mol. The lowest BCUT2D eigenvalue weighted by Gasteiger charge is -2.28. The van der Waals surface area contributed by atoms with E-state index >= 15 is 0 Å². The van der Waals surface area contributed by atoms with Gasteiger partial charge >= 0.3 is 0 Å². The van der Waals surface area contributed by atoms with Crippen LogP contribution in [-0.4, -0.2) is 37.6 Å². The molecule has 2 nitrogen and oxygen atoms in total. The molecule has 1 aliphatic heterocycles. The third-order valence-corrected chi connectivity index (χ3v) is 2.94. The second-order valence-electron chi connectivity index (χ2n) is 4.10. The monoisotopic (exact) mass is 184 g/mol. The zero-order valence-corrected chi connectivity index (χ0v) is 9.18. The van der Waals surface area contributed by atoms with Crippen molar-refractivity contribution in [1.29, 1.82) is 0 Å². The van der Waals surface area contributed by atoms with Crippen LogP contribution in [0.5, 0.6) is 0 Å². The van der Waals surface area contributed by atoms with Gasteiger partial charge in [-0.05, 0) is 57.9 Å².